The van der Waals surface area contributed by atoms with Gasteiger partial charge in [0.2, 0.25) is 0 Å². The molecule has 40 valence electrons. The van der Waals surface area contributed by atoms with Gasteiger partial charge >= 0.3 is 59.1 Å². The molecular formula is H4CrNNaO4. The first-order valence-electron chi connectivity index (χ1n) is 0.667. The van der Waals surface area contributed by atoms with Crippen molar-refractivity contribution in [2.75, 3.05) is 0 Å². The molecule has 0 aliphatic carbocycles. The normalized spacial score (nSPS) is 8.29. The third-order valence-electron chi connectivity index (χ3n) is 0. The summed E-state index contributed by atoms with van der Waals surface area (Å²) in [5.41, 5.74) is 0. The number of quaternary nitrogens is 1. The second-order valence-corrected chi connectivity index (χ2v) is 1.68. The third kappa shape index (κ3) is 172. The van der Waals surface area contributed by atoms with Gasteiger partial charge in [0, 0.05) is 0 Å². The molecule has 4 N–H and O–H groups in total. The van der Waals surface area contributed by atoms with E-state index >= 15 is 0 Å². The van der Waals surface area contributed by atoms with Gasteiger partial charge in [-0.2, -0.15) is 0 Å². The Bertz CT molecular complexity index is 94.9. The summed E-state index contributed by atoms with van der Waals surface area (Å²) in [4.78, 5) is 0. The Hall–Kier alpha value is 1.01. The predicted octanol–water partition coefficient (Wildman–Crippen LogP) is -5.24. The van der Waals surface area contributed by atoms with Gasteiger partial charge in [-0.1, -0.05) is 0 Å². The molecule has 0 radical (unpaired) electrons. The summed E-state index contributed by atoms with van der Waals surface area (Å²) in [6, 6.07) is 0. The van der Waals surface area contributed by atoms with E-state index in [9.17, 15) is 0 Å². The van der Waals surface area contributed by atoms with Crippen LogP contribution in [0.5, 0.6) is 0 Å². The van der Waals surface area contributed by atoms with Crippen molar-refractivity contribution in [2.45, 2.75) is 0 Å². The molecule has 0 fully saturated rings. The van der Waals surface area contributed by atoms with E-state index in [-0.39, 0.29) is 35.7 Å². The minimum absolute atomic E-state index is 0. The van der Waals surface area contributed by atoms with Crippen LogP contribution < -0.4 is 44.0 Å². The molecule has 0 saturated heterocycles. The van der Waals surface area contributed by atoms with Crippen molar-refractivity contribution < 1.29 is 59.1 Å². The Morgan fingerprint density at radius 1 is 1.14 bits per heavy atom. The van der Waals surface area contributed by atoms with Gasteiger partial charge in [-0.25, -0.2) is 0 Å². The van der Waals surface area contributed by atoms with Crippen LogP contribution in [0.2, 0.25) is 0 Å². The van der Waals surface area contributed by atoms with Crippen molar-refractivity contribution in [3.63, 3.8) is 0 Å². The van der Waals surface area contributed by atoms with Crippen LogP contribution >= 0.6 is 0 Å². The second-order valence-electron chi connectivity index (χ2n) is 0.408. The van der Waals surface area contributed by atoms with Crippen molar-refractivity contribution in [3.8, 4) is 0 Å². The van der Waals surface area contributed by atoms with E-state index in [0.717, 1.165) is 0 Å². The molecule has 0 saturated carbocycles. The van der Waals surface area contributed by atoms with Crippen LogP contribution in [-0.4, -0.2) is 0 Å². The molecule has 0 atom stereocenters. The molecule has 0 rings (SSSR count). The van der Waals surface area contributed by atoms with Crippen LogP contribution in [0.4, 0.5) is 0 Å². The summed E-state index contributed by atoms with van der Waals surface area (Å²) >= 11 is -5.75. The van der Waals surface area contributed by atoms with Crippen LogP contribution in [0, 0.1) is 0 Å². The van der Waals surface area contributed by atoms with Gasteiger partial charge in [0.25, 0.3) is 0 Å². The first-order chi connectivity index (χ1) is 2.00. The Morgan fingerprint density at radius 2 is 1.14 bits per heavy atom. The van der Waals surface area contributed by atoms with Gasteiger partial charge < -0.3 is 6.15 Å². The topological polar surface area (TPSA) is 117 Å². The maximum absolute atomic E-state index is 8.59. The molecule has 0 aliphatic heterocycles. The molecule has 7 heavy (non-hydrogen) atoms. The fourth-order valence-corrected chi connectivity index (χ4v) is 0. The predicted molar refractivity (Wildman–Crippen MR) is 7.36 cm³/mol. The molecular weight excluding hydrogens is 153 g/mol. The molecule has 5 nitrogen and oxygen atoms in total. The molecule has 0 aromatic rings. The van der Waals surface area contributed by atoms with Crippen molar-refractivity contribution >= 4 is 0 Å². The van der Waals surface area contributed by atoms with E-state index in [4.69, 9.17) is 15.9 Å². The summed E-state index contributed by atoms with van der Waals surface area (Å²) in [5, 5.41) is 0. The van der Waals surface area contributed by atoms with E-state index in [1.807, 2.05) is 0 Å². The van der Waals surface area contributed by atoms with Crippen molar-refractivity contribution in [2.24, 2.45) is 0 Å². The zero-order valence-corrected chi connectivity index (χ0v) is 7.32. The Balaban J connectivity index is -0.0000000800. The summed E-state index contributed by atoms with van der Waals surface area (Å²) in [5.74, 6) is 0. The SMILES string of the molecule is [NH4+].[Na+].[O]=[Cr](=[O])([O-])[O-]. The summed E-state index contributed by atoms with van der Waals surface area (Å²) in [6.07, 6.45) is 0. The Labute approximate surface area is 65.0 Å². The monoisotopic (exact) mass is 157 g/mol. The Kier molecular flexibility index (Phi) is 11.5. The van der Waals surface area contributed by atoms with E-state index < -0.39 is 13.6 Å². The molecule has 0 amide bonds. The van der Waals surface area contributed by atoms with E-state index in [1.165, 1.54) is 0 Å². The first-order valence-corrected chi connectivity index (χ1v) is 2.75. The summed E-state index contributed by atoms with van der Waals surface area (Å²) < 4.78 is 34.4. The fraction of sp³-hybridized carbons (Fsp3) is 0. The van der Waals surface area contributed by atoms with Crippen LogP contribution in [0.3, 0.4) is 0 Å². The quantitative estimate of drug-likeness (QED) is 0.353. The molecule has 0 aliphatic rings. The maximum atomic E-state index is 8.59. The van der Waals surface area contributed by atoms with Gasteiger partial charge in [0.15, 0.2) is 0 Å². The Morgan fingerprint density at radius 3 is 1.14 bits per heavy atom. The summed E-state index contributed by atoms with van der Waals surface area (Å²) in [6.45, 7) is 0. The first kappa shape index (κ1) is 15.7. The van der Waals surface area contributed by atoms with Gasteiger partial charge in [-0.15, -0.1) is 0 Å². The molecule has 0 heterocycles. The molecule has 0 bridgehead atoms. The zero-order valence-electron chi connectivity index (χ0n) is 4.04. The van der Waals surface area contributed by atoms with Crippen molar-refractivity contribution in [1.82, 2.24) is 6.15 Å². The average Bonchev–Trinajstić information content (AvgIpc) is 0.722. The second kappa shape index (κ2) is 5.16. The van der Waals surface area contributed by atoms with Gasteiger partial charge in [-0.3, -0.25) is 0 Å². The molecule has 0 aromatic heterocycles. The average molecular weight is 157 g/mol. The molecule has 0 aromatic carbocycles. The van der Waals surface area contributed by atoms with Crippen LogP contribution in [0.15, 0.2) is 0 Å². The van der Waals surface area contributed by atoms with E-state index in [1.54, 1.807) is 0 Å². The number of hydrogen-bond donors (Lipinski definition) is 1. The molecule has 7 heteroatoms. The van der Waals surface area contributed by atoms with Gasteiger partial charge in [0.1, 0.15) is 0 Å². The van der Waals surface area contributed by atoms with Gasteiger partial charge in [-0.05, 0) is 0 Å². The summed E-state index contributed by atoms with van der Waals surface area (Å²) in [7, 11) is 0. The van der Waals surface area contributed by atoms with Crippen LogP contribution in [0.25, 0.3) is 0 Å². The van der Waals surface area contributed by atoms with Crippen molar-refractivity contribution in [1.29, 1.82) is 0 Å². The van der Waals surface area contributed by atoms with E-state index in [2.05, 4.69) is 0 Å². The molecule has 0 unspecified atom stereocenters. The van der Waals surface area contributed by atoms with Crippen LogP contribution in [-0.2, 0) is 21.2 Å². The van der Waals surface area contributed by atoms with E-state index in [0.29, 0.717) is 0 Å². The van der Waals surface area contributed by atoms with Crippen molar-refractivity contribution in [3.05, 3.63) is 0 Å². The number of rotatable bonds is 0. The fourth-order valence-electron chi connectivity index (χ4n) is 0. The minimum atomic E-state index is -5.75. The molecule has 0 spiro atoms. The third-order valence-corrected chi connectivity index (χ3v) is 0. The van der Waals surface area contributed by atoms with Gasteiger partial charge in [0.05, 0.1) is 0 Å². The standard InChI is InChI=1S/Cr.H3N.Na.4O/h;1H3;;;;;/q;;+1;;;2*-1/p+1. The number of hydrogen-bond acceptors (Lipinski definition) is 4. The van der Waals surface area contributed by atoms with Crippen LogP contribution in [0.1, 0.15) is 0 Å². The zero-order chi connectivity index (χ0) is 4.50.